The van der Waals surface area contributed by atoms with Crippen molar-refractivity contribution in [3.63, 3.8) is 0 Å². The van der Waals surface area contributed by atoms with Gasteiger partial charge in [-0.05, 0) is 54.6 Å². The van der Waals surface area contributed by atoms with Crippen LogP contribution in [0.5, 0.6) is 11.5 Å². The molecule has 0 amide bonds. The van der Waals surface area contributed by atoms with E-state index in [9.17, 15) is 8.78 Å². The van der Waals surface area contributed by atoms with Crippen LogP contribution in [0, 0.1) is 11.6 Å². The average Bonchev–Trinajstić information content (AvgIpc) is 2.83. The summed E-state index contributed by atoms with van der Waals surface area (Å²) in [5.74, 6) is 0.953. The Morgan fingerprint density at radius 2 is 1.47 bits per heavy atom. The average molecular weight is 439 g/mol. The fourth-order valence-corrected chi connectivity index (χ4v) is 4.01. The van der Waals surface area contributed by atoms with Gasteiger partial charge in [-0.3, -0.25) is 4.90 Å². The lowest BCUT2D eigenvalue weighted by atomic mass is 10.0. The largest absolute Gasteiger partial charge is 0.497 e. The highest BCUT2D eigenvalue weighted by atomic mass is 19.1. The molecule has 6 heteroatoms. The van der Waals surface area contributed by atoms with Crippen molar-refractivity contribution in [3.05, 3.63) is 90.0 Å². The number of ether oxygens (including phenoxy) is 2. The highest BCUT2D eigenvalue weighted by Gasteiger charge is 2.22. The minimum Gasteiger partial charge on any atom is -0.497 e. The van der Waals surface area contributed by atoms with Crippen LogP contribution < -0.4 is 14.4 Å². The molecular weight excluding hydrogens is 410 g/mol. The molecule has 1 atom stereocenters. The molecule has 3 aromatic carbocycles. The van der Waals surface area contributed by atoms with Crippen LogP contribution in [0.2, 0.25) is 0 Å². The van der Waals surface area contributed by atoms with E-state index in [4.69, 9.17) is 9.47 Å². The molecule has 32 heavy (non-hydrogen) atoms. The molecule has 0 aliphatic carbocycles. The standard InChI is InChI=1S/C26H28F2N2O2/c1-31-22-10-12-23(13-11-22)32-26(24-4-2-3-5-25(24)28)14-15-29-16-18-30(19-17-29)21-8-6-20(27)7-9-21/h2-13,26H,14-19H2,1H3. The van der Waals surface area contributed by atoms with E-state index in [0.29, 0.717) is 17.7 Å². The molecule has 1 unspecified atom stereocenters. The normalized spacial score (nSPS) is 15.4. The second-order valence-corrected chi connectivity index (χ2v) is 7.90. The van der Waals surface area contributed by atoms with Gasteiger partial charge in [0.15, 0.2) is 0 Å². The Balaban J connectivity index is 1.38. The zero-order valence-corrected chi connectivity index (χ0v) is 18.2. The van der Waals surface area contributed by atoms with Crippen LogP contribution in [-0.4, -0.2) is 44.7 Å². The van der Waals surface area contributed by atoms with Crippen molar-refractivity contribution in [3.8, 4) is 11.5 Å². The van der Waals surface area contributed by atoms with Gasteiger partial charge in [0.1, 0.15) is 29.2 Å². The van der Waals surface area contributed by atoms with Crippen molar-refractivity contribution in [2.24, 2.45) is 0 Å². The van der Waals surface area contributed by atoms with E-state index in [1.807, 2.05) is 42.5 Å². The van der Waals surface area contributed by atoms with Gasteiger partial charge in [-0.2, -0.15) is 0 Å². The van der Waals surface area contributed by atoms with Gasteiger partial charge in [0.25, 0.3) is 0 Å². The maximum absolute atomic E-state index is 14.5. The number of benzene rings is 3. The first-order valence-corrected chi connectivity index (χ1v) is 10.9. The molecule has 0 bridgehead atoms. The van der Waals surface area contributed by atoms with Crippen LogP contribution >= 0.6 is 0 Å². The summed E-state index contributed by atoms with van der Waals surface area (Å²) in [6, 6.07) is 20.8. The fraction of sp³-hybridized carbons (Fsp3) is 0.308. The molecular formula is C26H28F2N2O2. The number of anilines is 1. The van der Waals surface area contributed by atoms with Gasteiger partial charge >= 0.3 is 0 Å². The van der Waals surface area contributed by atoms with Crippen molar-refractivity contribution in [1.29, 1.82) is 0 Å². The van der Waals surface area contributed by atoms with Crippen LogP contribution in [0.4, 0.5) is 14.5 Å². The van der Waals surface area contributed by atoms with Crippen molar-refractivity contribution in [2.75, 3.05) is 44.7 Å². The molecule has 4 rings (SSSR count). The first kappa shape index (κ1) is 22.1. The molecule has 168 valence electrons. The SMILES string of the molecule is COc1ccc(OC(CCN2CCN(c3ccc(F)cc3)CC2)c2ccccc2F)cc1. The lowest BCUT2D eigenvalue weighted by molar-refractivity contribution is 0.156. The number of hydrogen-bond acceptors (Lipinski definition) is 4. The van der Waals surface area contributed by atoms with Gasteiger partial charge in [-0.25, -0.2) is 8.78 Å². The van der Waals surface area contributed by atoms with E-state index < -0.39 is 0 Å². The molecule has 0 saturated carbocycles. The number of rotatable bonds is 8. The molecule has 3 aromatic rings. The quantitative estimate of drug-likeness (QED) is 0.476. The predicted molar refractivity (Wildman–Crippen MR) is 122 cm³/mol. The molecule has 0 spiro atoms. The topological polar surface area (TPSA) is 24.9 Å². The fourth-order valence-electron chi connectivity index (χ4n) is 4.01. The number of halogens is 2. The van der Waals surface area contributed by atoms with Gasteiger partial charge in [-0.1, -0.05) is 18.2 Å². The zero-order chi connectivity index (χ0) is 22.3. The number of hydrogen-bond donors (Lipinski definition) is 0. The Labute approximate surface area is 188 Å². The van der Waals surface area contributed by atoms with E-state index in [0.717, 1.165) is 44.2 Å². The summed E-state index contributed by atoms with van der Waals surface area (Å²) in [6.07, 6.45) is 0.281. The summed E-state index contributed by atoms with van der Waals surface area (Å²) in [5.41, 5.74) is 1.60. The van der Waals surface area contributed by atoms with Crippen molar-refractivity contribution < 1.29 is 18.3 Å². The Bertz CT molecular complexity index is 987. The Morgan fingerprint density at radius 3 is 2.12 bits per heavy atom. The van der Waals surface area contributed by atoms with E-state index in [-0.39, 0.29) is 17.7 Å². The van der Waals surface area contributed by atoms with Crippen molar-refractivity contribution >= 4 is 5.69 Å². The maximum Gasteiger partial charge on any atom is 0.130 e. The molecule has 1 saturated heterocycles. The minimum absolute atomic E-state index is 0.219. The Kier molecular flexibility index (Phi) is 7.22. The molecule has 4 nitrogen and oxygen atoms in total. The summed E-state index contributed by atoms with van der Waals surface area (Å²) in [5, 5.41) is 0. The number of piperazine rings is 1. The van der Waals surface area contributed by atoms with Crippen molar-refractivity contribution in [1.82, 2.24) is 4.90 Å². The first-order valence-electron chi connectivity index (χ1n) is 10.9. The summed E-state index contributed by atoms with van der Waals surface area (Å²) in [4.78, 5) is 4.63. The number of nitrogens with zero attached hydrogens (tertiary/aromatic N) is 2. The maximum atomic E-state index is 14.5. The smallest absolute Gasteiger partial charge is 0.130 e. The molecule has 1 aliphatic rings. The third-order valence-corrected chi connectivity index (χ3v) is 5.86. The minimum atomic E-state index is -0.389. The predicted octanol–water partition coefficient (Wildman–Crippen LogP) is 5.31. The van der Waals surface area contributed by atoms with Crippen LogP contribution in [0.15, 0.2) is 72.8 Å². The Morgan fingerprint density at radius 1 is 0.812 bits per heavy atom. The monoisotopic (exact) mass is 438 g/mol. The van der Waals surface area contributed by atoms with E-state index >= 15 is 0 Å². The lowest BCUT2D eigenvalue weighted by Gasteiger charge is -2.36. The van der Waals surface area contributed by atoms with E-state index in [1.165, 1.54) is 18.2 Å². The van der Waals surface area contributed by atoms with Crippen LogP contribution in [0.1, 0.15) is 18.1 Å². The summed E-state index contributed by atoms with van der Waals surface area (Å²) in [6.45, 7) is 4.32. The molecule has 0 radical (unpaired) electrons. The van der Waals surface area contributed by atoms with Crippen LogP contribution in [0.25, 0.3) is 0 Å². The second kappa shape index (κ2) is 10.5. The van der Waals surface area contributed by atoms with Gasteiger partial charge in [-0.15, -0.1) is 0 Å². The summed E-state index contributed by atoms with van der Waals surface area (Å²) < 4.78 is 39.1. The second-order valence-electron chi connectivity index (χ2n) is 7.90. The molecule has 0 N–H and O–H groups in total. The lowest BCUT2D eigenvalue weighted by Crippen LogP contribution is -2.46. The highest BCUT2D eigenvalue weighted by molar-refractivity contribution is 5.46. The first-order chi connectivity index (χ1) is 15.6. The van der Waals surface area contributed by atoms with E-state index in [1.54, 1.807) is 19.2 Å². The third-order valence-electron chi connectivity index (χ3n) is 5.86. The number of methoxy groups -OCH3 is 1. The Hall–Kier alpha value is -3.12. The molecule has 1 heterocycles. The molecule has 1 aliphatic heterocycles. The van der Waals surface area contributed by atoms with Gasteiger partial charge in [0.2, 0.25) is 0 Å². The van der Waals surface area contributed by atoms with Gasteiger partial charge in [0, 0.05) is 50.4 Å². The van der Waals surface area contributed by atoms with Crippen molar-refractivity contribution in [2.45, 2.75) is 12.5 Å². The van der Waals surface area contributed by atoms with Gasteiger partial charge < -0.3 is 14.4 Å². The van der Waals surface area contributed by atoms with E-state index in [2.05, 4.69) is 9.80 Å². The van der Waals surface area contributed by atoms with Gasteiger partial charge in [0.05, 0.1) is 7.11 Å². The third kappa shape index (κ3) is 5.56. The van der Waals surface area contributed by atoms with Crippen LogP contribution in [-0.2, 0) is 0 Å². The molecule has 0 aromatic heterocycles. The zero-order valence-electron chi connectivity index (χ0n) is 18.2. The van der Waals surface area contributed by atoms with Crippen LogP contribution in [0.3, 0.4) is 0 Å². The highest BCUT2D eigenvalue weighted by Crippen LogP contribution is 2.28. The summed E-state index contributed by atoms with van der Waals surface area (Å²) in [7, 11) is 1.62. The summed E-state index contributed by atoms with van der Waals surface area (Å²) >= 11 is 0. The molecule has 1 fully saturated rings.